The topological polar surface area (TPSA) is 73.9 Å². The zero-order valence-corrected chi connectivity index (χ0v) is 16.4. The highest BCUT2D eigenvalue weighted by molar-refractivity contribution is 6.06. The lowest BCUT2D eigenvalue weighted by atomic mass is 9.83. The molecule has 0 aromatic heterocycles. The Balaban J connectivity index is 1.89. The minimum Gasteiger partial charge on any atom is -0.493 e. The maximum absolute atomic E-state index is 12.5. The van der Waals surface area contributed by atoms with Crippen LogP contribution in [0.5, 0.6) is 17.2 Å². The number of carbonyl (C=O) groups excluding carboxylic acids is 2. The SMILES string of the molecule is COc1cc([C@@H]2CC(=O)Nc3c2ccc2ccccc32)cc(OC)c1OC(C)=O. The normalized spacial score (nSPS) is 15.4. The summed E-state index contributed by atoms with van der Waals surface area (Å²) >= 11 is 0. The van der Waals surface area contributed by atoms with Crippen LogP contribution in [0.3, 0.4) is 0 Å². The summed E-state index contributed by atoms with van der Waals surface area (Å²) in [6.45, 7) is 1.32. The standard InChI is InChI=1S/C23H21NO5/c1-13(25)29-23-19(27-2)10-15(11-20(23)28-3)18-12-21(26)24-22-16-7-5-4-6-14(16)8-9-17(18)22/h4-11,18H,12H2,1-3H3,(H,24,26)/t18-/m0/s1. The molecule has 148 valence electrons. The second-order valence-corrected chi connectivity index (χ2v) is 6.90. The van der Waals surface area contributed by atoms with E-state index in [9.17, 15) is 9.59 Å². The summed E-state index contributed by atoms with van der Waals surface area (Å²) in [5.74, 6) is 0.276. The van der Waals surface area contributed by atoms with Crippen LogP contribution in [0.2, 0.25) is 0 Å². The van der Waals surface area contributed by atoms with Crippen molar-refractivity contribution in [1.82, 2.24) is 0 Å². The molecule has 3 aromatic carbocycles. The zero-order valence-electron chi connectivity index (χ0n) is 16.4. The molecule has 0 spiro atoms. The number of methoxy groups -OCH3 is 2. The van der Waals surface area contributed by atoms with Crippen LogP contribution in [-0.4, -0.2) is 26.1 Å². The van der Waals surface area contributed by atoms with Crippen molar-refractivity contribution in [1.29, 1.82) is 0 Å². The molecule has 0 fully saturated rings. The average molecular weight is 391 g/mol. The van der Waals surface area contributed by atoms with Gasteiger partial charge in [-0.2, -0.15) is 0 Å². The van der Waals surface area contributed by atoms with Crippen molar-refractivity contribution in [2.45, 2.75) is 19.3 Å². The highest BCUT2D eigenvalue weighted by Crippen LogP contribution is 2.46. The number of fused-ring (bicyclic) bond motifs is 3. The van der Waals surface area contributed by atoms with E-state index in [0.29, 0.717) is 17.9 Å². The van der Waals surface area contributed by atoms with Gasteiger partial charge in [-0.15, -0.1) is 0 Å². The Morgan fingerprint density at radius 1 is 1.03 bits per heavy atom. The summed E-state index contributed by atoms with van der Waals surface area (Å²) in [5.41, 5.74) is 2.69. The van der Waals surface area contributed by atoms with Crippen LogP contribution in [0.4, 0.5) is 5.69 Å². The Morgan fingerprint density at radius 2 is 1.72 bits per heavy atom. The van der Waals surface area contributed by atoms with Crippen molar-refractivity contribution in [3.05, 3.63) is 59.7 Å². The summed E-state index contributed by atoms with van der Waals surface area (Å²) < 4.78 is 16.2. The number of amides is 1. The van der Waals surface area contributed by atoms with Crippen molar-refractivity contribution < 1.29 is 23.8 Å². The van der Waals surface area contributed by atoms with Crippen LogP contribution < -0.4 is 19.5 Å². The van der Waals surface area contributed by atoms with Gasteiger partial charge in [0.25, 0.3) is 0 Å². The lowest BCUT2D eigenvalue weighted by molar-refractivity contribution is -0.132. The van der Waals surface area contributed by atoms with Crippen LogP contribution in [-0.2, 0) is 9.59 Å². The van der Waals surface area contributed by atoms with Gasteiger partial charge in [0.2, 0.25) is 11.7 Å². The van der Waals surface area contributed by atoms with E-state index in [4.69, 9.17) is 14.2 Å². The van der Waals surface area contributed by atoms with Crippen molar-refractivity contribution in [3.63, 3.8) is 0 Å². The van der Waals surface area contributed by atoms with Gasteiger partial charge >= 0.3 is 5.97 Å². The second-order valence-electron chi connectivity index (χ2n) is 6.90. The van der Waals surface area contributed by atoms with Crippen molar-refractivity contribution in [3.8, 4) is 17.2 Å². The zero-order chi connectivity index (χ0) is 20.5. The molecule has 0 unspecified atom stereocenters. The number of hydrogen-bond acceptors (Lipinski definition) is 5. The summed E-state index contributed by atoms with van der Waals surface area (Å²) in [7, 11) is 3.00. The van der Waals surface area contributed by atoms with Crippen LogP contribution in [0.1, 0.15) is 30.4 Å². The number of hydrogen-bond donors (Lipinski definition) is 1. The Bertz CT molecular complexity index is 1100. The van der Waals surface area contributed by atoms with Gasteiger partial charge < -0.3 is 19.5 Å². The molecule has 0 saturated carbocycles. The first-order valence-electron chi connectivity index (χ1n) is 9.27. The Morgan fingerprint density at radius 3 is 2.38 bits per heavy atom. The first-order valence-corrected chi connectivity index (χ1v) is 9.27. The van der Waals surface area contributed by atoms with Crippen LogP contribution >= 0.6 is 0 Å². The molecule has 0 aliphatic carbocycles. The van der Waals surface area contributed by atoms with Gasteiger partial charge in [0.05, 0.1) is 19.9 Å². The first-order chi connectivity index (χ1) is 14.0. The van der Waals surface area contributed by atoms with Gasteiger partial charge in [0.15, 0.2) is 11.5 Å². The lowest BCUT2D eigenvalue weighted by Gasteiger charge is -2.28. The largest absolute Gasteiger partial charge is 0.493 e. The van der Waals surface area contributed by atoms with Crippen LogP contribution in [0, 0.1) is 0 Å². The van der Waals surface area contributed by atoms with Gasteiger partial charge in [-0.05, 0) is 28.6 Å². The Kier molecular flexibility index (Phi) is 4.84. The Labute approximate surface area is 168 Å². The van der Waals surface area contributed by atoms with Gasteiger partial charge in [0, 0.05) is 24.6 Å². The predicted molar refractivity (Wildman–Crippen MR) is 110 cm³/mol. The highest BCUT2D eigenvalue weighted by Gasteiger charge is 2.30. The van der Waals surface area contributed by atoms with Crippen molar-refractivity contribution in [2.75, 3.05) is 19.5 Å². The fraction of sp³-hybridized carbons (Fsp3) is 0.217. The van der Waals surface area contributed by atoms with Crippen LogP contribution in [0.15, 0.2) is 48.5 Å². The third kappa shape index (κ3) is 3.38. The van der Waals surface area contributed by atoms with E-state index >= 15 is 0 Å². The van der Waals surface area contributed by atoms with E-state index in [0.717, 1.165) is 27.6 Å². The molecule has 29 heavy (non-hydrogen) atoms. The smallest absolute Gasteiger partial charge is 0.308 e. The Hall–Kier alpha value is -3.54. The fourth-order valence-corrected chi connectivity index (χ4v) is 3.85. The molecular weight excluding hydrogens is 370 g/mol. The molecule has 1 atom stereocenters. The van der Waals surface area contributed by atoms with Gasteiger partial charge in [0.1, 0.15) is 0 Å². The molecule has 1 heterocycles. The van der Waals surface area contributed by atoms with E-state index < -0.39 is 5.97 Å². The van der Waals surface area contributed by atoms with Crippen molar-refractivity contribution >= 4 is 28.3 Å². The molecule has 4 rings (SSSR count). The molecular formula is C23H21NO5. The number of ether oxygens (including phenoxy) is 3. The number of nitrogens with one attached hydrogen (secondary N) is 1. The maximum Gasteiger partial charge on any atom is 0.308 e. The summed E-state index contributed by atoms with van der Waals surface area (Å²) in [5, 5.41) is 5.09. The third-order valence-electron chi connectivity index (χ3n) is 5.12. The molecule has 0 bridgehead atoms. The molecule has 6 nitrogen and oxygen atoms in total. The van der Waals surface area contributed by atoms with Crippen LogP contribution in [0.25, 0.3) is 10.8 Å². The van der Waals surface area contributed by atoms with Crippen molar-refractivity contribution in [2.24, 2.45) is 0 Å². The van der Waals surface area contributed by atoms with E-state index in [2.05, 4.69) is 11.4 Å². The molecule has 0 radical (unpaired) electrons. The molecule has 0 saturated heterocycles. The number of rotatable bonds is 4. The first kappa shape index (κ1) is 18.8. The average Bonchev–Trinajstić information content (AvgIpc) is 2.72. The minimum absolute atomic E-state index is 0.0548. The van der Waals surface area contributed by atoms with E-state index in [1.807, 2.05) is 30.3 Å². The predicted octanol–water partition coefficient (Wildman–Crippen LogP) is 4.26. The fourth-order valence-electron chi connectivity index (χ4n) is 3.85. The van der Waals surface area contributed by atoms with Gasteiger partial charge in [-0.1, -0.05) is 36.4 Å². The summed E-state index contributed by atoms with van der Waals surface area (Å²) in [6, 6.07) is 15.6. The number of benzene rings is 3. The maximum atomic E-state index is 12.5. The van der Waals surface area contributed by atoms with E-state index in [-0.39, 0.29) is 17.6 Å². The number of carbonyl (C=O) groups is 2. The highest BCUT2D eigenvalue weighted by atomic mass is 16.6. The molecule has 1 aliphatic rings. The third-order valence-corrected chi connectivity index (χ3v) is 5.12. The van der Waals surface area contributed by atoms with E-state index in [1.165, 1.54) is 21.1 Å². The van der Waals surface area contributed by atoms with E-state index in [1.54, 1.807) is 12.1 Å². The molecule has 1 amide bonds. The minimum atomic E-state index is -0.469. The van der Waals surface area contributed by atoms with Gasteiger partial charge in [-0.25, -0.2) is 0 Å². The molecule has 1 aliphatic heterocycles. The monoisotopic (exact) mass is 391 g/mol. The quantitative estimate of drug-likeness (QED) is 0.531. The molecule has 3 aromatic rings. The second kappa shape index (κ2) is 7.47. The van der Waals surface area contributed by atoms with Gasteiger partial charge in [-0.3, -0.25) is 9.59 Å². The molecule has 6 heteroatoms. The molecule has 1 N–H and O–H groups in total. The number of anilines is 1. The summed E-state index contributed by atoms with van der Waals surface area (Å²) in [4.78, 5) is 24.0. The number of esters is 1. The summed E-state index contributed by atoms with van der Waals surface area (Å²) in [6.07, 6.45) is 0.296. The lowest BCUT2D eigenvalue weighted by Crippen LogP contribution is -2.23.